The maximum absolute atomic E-state index is 13.6. The summed E-state index contributed by atoms with van der Waals surface area (Å²) in [5.74, 6) is -0.0826. The monoisotopic (exact) mass is 384 g/mol. The number of hydrogen-bond acceptors (Lipinski definition) is 5. The number of amides is 2. The molecular weight excluding hydrogens is 363 g/mol. The molecule has 0 bridgehead atoms. The molecule has 0 aliphatic carbocycles. The van der Waals surface area contributed by atoms with Crippen molar-refractivity contribution in [3.8, 4) is 0 Å². The number of carbonyl (C=O) groups is 2. The molecule has 2 aliphatic heterocycles. The molecule has 4 rings (SSSR count). The molecule has 1 aromatic heterocycles. The highest BCUT2D eigenvalue weighted by Crippen LogP contribution is 2.32. The van der Waals surface area contributed by atoms with Crippen LogP contribution in [0.3, 0.4) is 0 Å². The van der Waals surface area contributed by atoms with Crippen LogP contribution in [0.2, 0.25) is 0 Å². The number of nitrogens with zero attached hydrogens (tertiary/aromatic N) is 4. The molecule has 0 saturated carbocycles. The van der Waals surface area contributed by atoms with Crippen LogP contribution in [0.4, 0.5) is 10.1 Å². The Morgan fingerprint density at radius 1 is 1.29 bits per heavy atom. The van der Waals surface area contributed by atoms with Crippen molar-refractivity contribution < 1.29 is 18.7 Å². The van der Waals surface area contributed by atoms with Gasteiger partial charge in [-0.2, -0.15) is 0 Å². The molecule has 2 amide bonds. The fourth-order valence-corrected chi connectivity index (χ4v) is 3.69. The number of benzene rings is 1. The van der Waals surface area contributed by atoms with Crippen LogP contribution in [0.15, 0.2) is 36.7 Å². The fourth-order valence-electron chi connectivity index (χ4n) is 3.69. The van der Waals surface area contributed by atoms with Crippen molar-refractivity contribution in [3.63, 3.8) is 0 Å². The van der Waals surface area contributed by atoms with Gasteiger partial charge in [0, 0.05) is 31.0 Å². The molecule has 2 aliphatic rings. The molecular formula is C20H21FN4O3. The molecule has 2 fully saturated rings. The van der Waals surface area contributed by atoms with Crippen LogP contribution < -0.4 is 4.90 Å². The lowest BCUT2D eigenvalue weighted by Crippen LogP contribution is -2.56. The highest BCUT2D eigenvalue weighted by Gasteiger charge is 2.46. The van der Waals surface area contributed by atoms with E-state index in [0.717, 1.165) is 0 Å². The molecule has 1 atom stereocenters. The van der Waals surface area contributed by atoms with Gasteiger partial charge in [-0.25, -0.2) is 14.4 Å². The number of rotatable bonds is 3. The van der Waals surface area contributed by atoms with E-state index in [2.05, 4.69) is 9.97 Å². The number of halogens is 1. The number of morpholine rings is 1. The maximum Gasteiger partial charge on any atom is 0.257 e. The summed E-state index contributed by atoms with van der Waals surface area (Å²) in [7, 11) is 0. The summed E-state index contributed by atoms with van der Waals surface area (Å²) in [5.41, 5.74) is 0.282. The number of aryl methyl sites for hydroxylation is 1. The molecule has 1 spiro atoms. The molecule has 1 aromatic carbocycles. The third-order valence-electron chi connectivity index (χ3n) is 5.24. The van der Waals surface area contributed by atoms with Crippen LogP contribution in [0.25, 0.3) is 0 Å². The molecule has 7 nitrogen and oxygen atoms in total. The van der Waals surface area contributed by atoms with Gasteiger partial charge in [0.05, 0.1) is 18.7 Å². The van der Waals surface area contributed by atoms with E-state index < -0.39 is 11.4 Å². The van der Waals surface area contributed by atoms with Crippen LogP contribution in [0.5, 0.6) is 0 Å². The summed E-state index contributed by atoms with van der Waals surface area (Å²) < 4.78 is 19.5. The Morgan fingerprint density at radius 3 is 2.79 bits per heavy atom. The normalized spacial score (nSPS) is 22.1. The van der Waals surface area contributed by atoms with E-state index in [1.165, 1.54) is 12.1 Å². The first kappa shape index (κ1) is 18.5. The van der Waals surface area contributed by atoms with E-state index in [1.54, 1.807) is 34.3 Å². The number of aromatic nitrogens is 2. The van der Waals surface area contributed by atoms with Gasteiger partial charge in [-0.15, -0.1) is 0 Å². The second-order valence-electron chi connectivity index (χ2n) is 7.15. The molecule has 2 saturated heterocycles. The topological polar surface area (TPSA) is 75.6 Å². The molecule has 146 valence electrons. The summed E-state index contributed by atoms with van der Waals surface area (Å²) in [4.78, 5) is 36.7. The third-order valence-corrected chi connectivity index (χ3v) is 5.24. The Bertz CT molecular complexity index is 905. The van der Waals surface area contributed by atoms with E-state index in [4.69, 9.17) is 4.74 Å². The van der Waals surface area contributed by atoms with Gasteiger partial charge >= 0.3 is 0 Å². The van der Waals surface area contributed by atoms with E-state index in [-0.39, 0.29) is 25.0 Å². The SMILES string of the molecule is CCc1ncc(C(=O)N2CCC3(C2)CN(c2cccc(F)c2)C(=O)CO3)cn1. The van der Waals surface area contributed by atoms with E-state index in [9.17, 15) is 14.0 Å². The number of hydrogen-bond donors (Lipinski definition) is 0. The van der Waals surface area contributed by atoms with Gasteiger partial charge in [0.2, 0.25) is 0 Å². The molecule has 0 radical (unpaired) electrons. The Hall–Kier alpha value is -2.87. The molecule has 2 aromatic rings. The summed E-state index contributed by atoms with van der Waals surface area (Å²) in [6.07, 6.45) is 4.40. The van der Waals surface area contributed by atoms with Crippen molar-refractivity contribution in [2.45, 2.75) is 25.4 Å². The zero-order chi connectivity index (χ0) is 19.7. The van der Waals surface area contributed by atoms with Gasteiger partial charge in [0.25, 0.3) is 11.8 Å². The highest BCUT2D eigenvalue weighted by molar-refractivity contribution is 5.96. The summed E-state index contributed by atoms with van der Waals surface area (Å²) >= 11 is 0. The zero-order valence-electron chi connectivity index (χ0n) is 15.6. The lowest BCUT2D eigenvalue weighted by atomic mass is 10.00. The largest absolute Gasteiger partial charge is 0.361 e. The predicted molar refractivity (Wildman–Crippen MR) is 99.4 cm³/mol. The zero-order valence-corrected chi connectivity index (χ0v) is 15.6. The average Bonchev–Trinajstić information content (AvgIpc) is 3.13. The minimum absolute atomic E-state index is 0.0904. The quantitative estimate of drug-likeness (QED) is 0.807. The van der Waals surface area contributed by atoms with Gasteiger partial charge in [-0.05, 0) is 24.6 Å². The summed E-state index contributed by atoms with van der Waals surface area (Å²) in [6.45, 7) is 3.02. The molecule has 1 unspecified atom stereocenters. The number of ether oxygens (including phenoxy) is 1. The Morgan fingerprint density at radius 2 is 2.07 bits per heavy atom. The summed E-state index contributed by atoms with van der Waals surface area (Å²) in [5, 5.41) is 0. The third kappa shape index (κ3) is 3.47. The molecule has 8 heteroatoms. The van der Waals surface area contributed by atoms with Crippen LogP contribution in [-0.2, 0) is 16.0 Å². The van der Waals surface area contributed by atoms with Crippen molar-refractivity contribution in [2.24, 2.45) is 0 Å². The van der Waals surface area contributed by atoms with Gasteiger partial charge < -0.3 is 14.5 Å². The Kier molecular flexibility index (Phi) is 4.80. The van der Waals surface area contributed by atoms with Crippen molar-refractivity contribution in [2.75, 3.05) is 31.1 Å². The molecule has 3 heterocycles. The predicted octanol–water partition coefficient (Wildman–Crippen LogP) is 1.83. The standard InChI is InChI=1S/C20H21FN4O3/c1-2-17-22-9-14(10-23-17)19(27)24-7-6-20(12-24)13-25(18(26)11-28-20)16-5-3-4-15(21)8-16/h3-5,8-10H,2,6-7,11-13H2,1H3. The average molecular weight is 384 g/mol. The van der Waals surface area contributed by atoms with Crippen LogP contribution in [-0.4, -0.2) is 58.5 Å². The van der Waals surface area contributed by atoms with Crippen LogP contribution >= 0.6 is 0 Å². The molecule has 28 heavy (non-hydrogen) atoms. The first-order valence-corrected chi connectivity index (χ1v) is 9.30. The number of likely N-dealkylation sites (tertiary alicyclic amines) is 1. The Labute approximate surface area is 162 Å². The fraction of sp³-hybridized carbons (Fsp3) is 0.400. The lowest BCUT2D eigenvalue weighted by molar-refractivity contribution is -0.137. The number of anilines is 1. The van der Waals surface area contributed by atoms with Gasteiger partial charge in [-0.1, -0.05) is 13.0 Å². The Balaban J connectivity index is 1.50. The summed E-state index contributed by atoms with van der Waals surface area (Å²) in [6, 6.07) is 5.95. The minimum atomic E-state index is -0.653. The molecule has 0 N–H and O–H groups in total. The minimum Gasteiger partial charge on any atom is -0.361 e. The van der Waals surface area contributed by atoms with Crippen molar-refractivity contribution in [3.05, 3.63) is 53.9 Å². The van der Waals surface area contributed by atoms with E-state index in [1.807, 2.05) is 6.92 Å². The smallest absolute Gasteiger partial charge is 0.257 e. The second kappa shape index (κ2) is 7.27. The second-order valence-corrected chi connectivity index (χ2v) is 7.15. The maximum atomic E-state index is 13.6. The first-order chi connectivity index (χ1) is 13.5. The van der Waals surface area contributed by atoms with E-state index in [0.29, 0.717) is 43.0 Å². The van der Waals surface area contributed by atoms with Crippen molar-refractivity contribution in [1.29, 1.82) is 0 Å². The van der Waals surface area contributed by atoms with Crippen LogP contribution in [0, 0.1) is 5.82 Å². The van der Waals surface area contributed by atoms with Gasteiger partial charge in [0.1, 0.15) is 23.8 Å². The van der Waals surface area contributed by atoms with Crippen molar-refractivity contribution in [1.82, 2.24) is 14.9 Å². The van der Waals surface area contributed by atoms with Gasteiger partial charge in [-0.3, -0.25) is 9.59 Å². The van der Waals surface area contributed by atoms with Crippen molar-refractivity contribution >= 4 is 17.5 Å². The lowest BCUT2D eigenvalue weighted by Gasteiger charge is -2.40. The first-order valence-electron chi connectivity index (χ1n) is 9.30. The number of carbonyl (C=O) groups excluding carboxylic acids is 2. The van der Waals surface area contributed by atoms with Crippen LogP contribution in [0.1, 0.15) is 29.5 Å². The van der Waals surface area contributed by atoms with Gasteiger partial charge in [0.15, 0.2) is 0 Å². The van der Waals surface area contributed by atoms with E-state index >= 15 is 0 Å². The highest BCUT2D eigenvalue weighted by atomic mass is 19.1.